The second-order valence-corrected chi connectivity index (χ2v) is 9.02. The van der Waals surface area contributed by atoms with Crippen molar-refractivity contribution in [3.63, 3.8) is 0 Å². The maximum Gasteiger partial charge on any atom is 0.193 e. The van der Waals surface area contributed by atoms with E-state index in [0.717, 1.165) is 45.2 Å². The van der Waals surface area contributed by atoms with Crippen LogP contribution in [0.1, 0.15) is 44.3 Å². The largest absolute Gasteiger partial charge is 0.381 e. The number of thiazole rings is 1. The van der Waals surface area contributed by atoms with E-state index >= 15 is 0 Å². The second-order valence-electron chi connectivity index (χ2n) is 8.07. The van der Waals surface area contributed by atoms with Crippen molar-refractivity contribution in [2.75, 3.05) is 39.9 Å². The fourth-order valence-corrected chi connectivity index (χ4v) is 4.50. The smallest absolute Gasteiger partial charge is 0.193 e. The number of nitrogens with one attached hydrogen (secondary N) is 1. The molecule has 1 atom stereocenters. The highest BCUT2D eigenvalue weighted by molar-refractivity contribution is 7.09. The van der Waals surface area contributed by atoms with Crippen molar-refractivity contribution in [1.82, 2.24) is 15.2 Å². The average molecular weight is 351 g/mol. The van der Waals surface area contributed by atoms with E-state index in [0.29, 0.717) is 5.41 Å². The zero-order chi connectivity index (χ0) is 17.2. The van der Waals surface area contributed by atoms with Crippen molar-refractivity contribution in [3.8, 4) is 0 Å². The number of hydrogen-bond acceptors (Lipinski definition) is 4. The summed E-state index contributed by atoms with van der Waals surface area (Å²) in [5, 5.41) is 6.90. The maximum atomic E-state index is 5.62. The Kier molecular flexibility index (Phi) is 5.16. The van der Waals surface area contributed by atoms with E-state index in [1.54, 1.807) is 11.3 Å². The van der Waals surface area contributed by atoms with E-state index in [1.807, 2.05) is 7.05 Å². The van der Waals surface area contributed by atoms with Gasteiger partial charge in [-0.3, -0.25) is 4.99 Å². The van der Waals surface area contributed by atoms with Crippen molar-refractivity contribution in [1.29, 1.82) is 0 Å². The molecule has 0 aromatic carbocycles. The highest BCUT2D eigenvalue weighted by atomic mass is 32.1. The highest BCUT2D eigenvalue weighted by Gasteiger charge is 2.42. The molecule has 2 saturated heterocycles. The molecule has 1 spiro atoms. The van der Waals surface area contributed by atoms with Crippen LogP contribution >= 0.6 is 11.3 Å². The summed E-state index contributed by atoms with van der Waals surface area (Å²) in [4.78, 5) is 11.6. The lowest BCUT2D eigenvalue weighted by molar-refractivity contribution is 0.156. The van der Waals surface area contributed by atoms with Crippen molar-refractivity contribution < 1.29 is 4.74 Å². The van der Waals surface area contributed by atoms with Crippen molar-refractivity contribution in [2.45, 2.75) is 45.4 Å². The third-order valence-electron chi connectivity index (χ3n) is 5.08. The molecule has 1 N–H and O–H groups in total. The quantitative estimate of drug-likeness (QED) is 0.673. The number of aliphatic imine (C=N–C) groups is 1. The summed E-state index contributed by atoms with van der Waals surface area (Å²) < 4.78 is 5.62. The van der Waals surface area contributed by atoms with Crippen LogP contribution in [0.5, 0.6) is 0 Å². The molecular formula is C18H30N4OS. The van der Waals surface area contributed by atoms with E-state index < -0.39 is 0 Å². The Bertz CT molecular complexity index is 584. The van der Waals surface area contributed by atoms with E-state index in [2.05, 4.69) is 41.4 Å². The molecule has 1 aromatic heterocycles. The second kappa shape index (κ2) is 7.00. The summed E-state index contributed by atoms with van der Waals surface area (Å²) in [6, 6.07) is 0. The summed E-state index contributed by atoms with van der Waals surface area (Å²) in [7, 11) is 1.87. The fourth-order valence-electron chi connectivity index (χ4n) is 3.47. The van der Waals surface area contributed by atoms with Crippen LogP contribution in [-0.4, -0.2) is 55.7 Å². The van der Waals surface area contributed by atoms with Gasteiger partial charge in [0.05, 0.1) is 17.3 Å². The van der Waals surface area contributed by atoms with Gasteiger partial charge in [-0.2, -0.15) is 0 Å². The fraction of sp³-hybridized carbons (Fsp3) is 0.778. The van der Waals surface area contributed by atoms with Gasteiger partial charge in [-0.15, -0.1) is 11.3 Å². The topological polar surface area (TPSA) is 49.8 Å². The molecule has 0 bridgehead atoms. The molecule has 2 aliphatic rings. The van der Waals surface area contributed by atoms with Gasteiger partial charge in [0.15, 0.2) is 5.96 Å². The van der Waals surface area contributed by atoms with Gasteiger partial charge in [-0.25, -0.2) is 4.98 Å². The Hall–Kier alpha value is -1.14. The van der Waals surface area contributed by atoms with Crippen LogP contribution in [0.4, 0.5) is 0 Å². The predicted octanol–water partition coefficient (Wildman–Crippen LogP) is 2.67. The molecule has 24 heavy (non-hydrogen) atoms. The summed E-state index contributed by atoms with van der Waals surface area (Å²) >= 11 is 1.76. The third kappa shape index (κ3) is 3.91. The summed E-state index contributed by atoms with van der Waals surface area (Å²) in [5.74, 6) is 1.02. The van der Waals surface area contributed by atoms with E-state index in [-0.39, 0.29) is 5.41 Å². The molecule has 134 valence electrons. The van der Waals surface area contributed by atoms with Crippen LogP contribution in [0.25, 0.3) is 0 Å². The molecule has 0 radical (unpaired) electrons. The number of hydrogen-bond donors (Lipinski definition) is 1. The Balaban J connectivity index is 1.49. The van der Waals surface area contributed by atoms with Crippen molar-refractivity contribution in [3.05, 3.63) is 16.1 Å². The lowest BCUT2D eigenvalue weighted by atomic mass is 9.87. The van der Waals surface area contributed by atoms with Gasteiger partial charge >= 0.3 is 0 Å². The number of nitrogens with zero attached hydrogens (tertiary/aromatic N) is 3. The molecule has 1 unspecified atom stereocenters. The van der Waals surface area contributed by atoms with E-state index in [1.165, 1.54) is 23.5 Å². The van der Waals surface area contributed by atoms with Crippen LogP contribution in [0.3, 0.4) is 0 Å². The number of guanidine groups is 1. The Labute approximate surface area is 149 Å². The molecular weight excluding hydrogens is 320 g/mol. The number of aromatic nitrogens is 1. The Morgan fingerprint density at radius 1 is 1.46 bits per heavy atom. The molecule has 0 amide bonds. The lowest BCUT2D eigenvalue weighted by Crippen LogP contribution is -2.42. The van der Waals surface area contributed by atoms with Crippen LogP contribution in [0.15, 0.2) is 10.4 Å². The van der Waals surface area contributed by atoms with Gasteiger partial charge in [0.1, 0.15) is 0 Å². The Morgan fingerprint density at radius 3 is 2.92 bits per heavy atom. The Morgan fingerprint density at radius 2 is 2.29 bits per heavy atom. The lowest BCUT2D eigenvalue weighted by Gasteiger charge is -2.24. The minimum absolute atomic E-state index is 0.130. The van der Waals surface area contributed by atoms with Crippen LogP contribution in [-0.2, 0) is 16.6 Å². The first-order valence-corrected chi connectivity index (χ1v) is 9.78. The summed E-state index contributed by atoms with van der Waals surface area (Å²) in [6.07, 6.45) is 3.35. The SMILES string of the molecule is CN=C(NCCc1nc(C(C)(C)C)cs1)N1CCC2(CCOC2)C1. The molecule has 3 heterocycles. The third-order valence-corrected chi connectivity index (χ3v) is 5.99. The average Bonchev–Trinajstić information content (AvgIpc) is 3.26. The normalized spacial score (nSPS) is 25.0. The molecule has 0 saturated carbocycles. The first-order chi connectivity index (χ1) is 11.4. The maximum absolute atomic E-state index is 5.62. The molecule has 1 aromatic rings. The van der Waals surface area contributed by atoms with E-state index in [9.17, 15) is 0 Å². The van der Waals surface area contributed by atoms with Crippen LogP contribution in [0, 0.1) is 5.41 Å². The van der Waals surface area contributed by atoms with Gasteiger partial charge in [0.25, 0.3) is 0 Å². The zero-order valence-electron chi connectivity index (χ0n) is 15.4. The summed E-state index contributed by atoms with van der Waals surface area (Å²) in [5.41, 5.74) is 1.69. The highest BCUT2D eigenvalue weighted by Crippen LogP contribution is 2.38. The minimum Gasteiger partial charge on any atom is -0.381 e. The molecule has 6 heteroatoms. The molecule has 3 rings (SSSR count). The molecule has 0 aliphatic carbocycles. The first kappa shape index (κ1) is 17.7. The predicted molar refractivity (Wildman–Crippen MR) is 99.9 cm³/mol. The first-order valence-electron chi connectivity index (χ1n) is 8.90. The molecule has 2 fully saturated rings. The van der Waals surface area contributed by atoms with Crippen LogP contribution in [0.2, 0.25) is 0 Å². The van der Waals surface area contributed by atoms with Gasteiger partial charge in [-0.1, -0.05) is 20.8 Å². The van der Waals surface area contributed by atoms with Gasteiger partial charge in [0, 0.05) is 55.9 Å². The summed E-state index contributed by atoms with van der Waals surface area (Å²) in [6.45, 7) is 11.5. The number of likely N-dealkylation sites (tertiary alicyclic amines) is 1. The molecule has 2 aliphatic heterocycles. The van der Waals surface area contributed by atoms with Crippen LogP contribution < -0.4 is 5.32 Å². The standard InChI is InChI=1S/C18H30N4OS/c1-17(2,3)14-11-24-15(21-14)5-8-20-16(19-4)22-9-6-18(12-22)7-10-23-13-18/h11H,5-10,12-13H2,1-4H3,(H,19,20). The minimum atomic E-state index is 0.130. The van der Waals surface area contributed by atoms with Crippen molar-refractivity contribution in [2.24, 2.45) is 10.4 Å². The monoisotopic (exact) mass is 350 g/mol. The number of rotatable bonds is 3. The zero-order valence-corrected chi connectivity index (χ0v) is 16.2. The van der Waals surface area contributed by atoms with E-state index in [4.69, 9.17) is 9.72 Å². The van der Waals surface area contributed by atoms with Gasteiger partial charge in [-0.05, 0) is 12.8 Å². The molecule has 5 nitrogen and oxygen atoms in total. The number of ether oxygens (including phenoxy) is 1. The van der Waals surface area contributed by atoms with Crippen molar-refractivity contribution >= 4 is 17.3 Å². The van der Waals surface area contributed by atoms with Gasteiger partial charge < -0.3 is 15.0 Å². The van der Waals surface area contributed by atoms with Gasteiger partial charge in [0.2, 0.25) is 0 Å².